The van der Waals surface area contributed by atoms with Gasteiger partial charge in [0, 0.05) is 16.8 Å². The topological polar surface area (TPSA) is 54.3 Å². The summed E-state index contributed by atoms with van der Waals surface area (Å²) in [5.41, 5.74) is 2.12. The van der Waals surface area contributed by atoms with E-state index in [1.807, 2.05) is 25.1 Å². The second kappa shape index (κ2) is 6.59. The zero-order chi connectivity index (χ0) is 17.4. The standard InChI is InChI=1S/C17H14Cl2N2O2S/c1-8-15(9(2)22)16(21-17(24)20-8)14-6-5-13(23-14)10-3-4-11(18)12(19)7-10/h3-7,16H,1-2H3,(H2,20,21,24)/t16-/m0/s1. The number of nitrogens with one attached hydrogen (secondary N) is 2. The van der Waals surface area contributed by atoms with Gasteiger partial charge in [0.1, 0.15) is 17.6 Å². The number of thiocarbonyl (C=S) groups is 1. The molecule has 2 N–H and O–H groups in total. The predicted octanol–water partition coefficient (Wildman–Crippen LogP) is 4.64. The van der Waals surface area contributed by atoms with E-state index in [4.69, 9.17) is 39.8 Å². The molecule has 24 heavy (non-hydrogen) atoms. The molecule has 2 heterocycles. The van der Waals surface area contributed by atoms with E-state index in [1.54, 1.807) is 12.1 Å². The van der Waals surface area contributed by atoms with Crippen LogP contribution < -0.4 is 10.6 Å². The highest BCUT2D eigenvalue weighted by atomic mass is 35.5. The Morgan fingerprint density at radius 1 is 1.21 bits per heavy atom. The van der Waals surface area contributed by atoms with Crippen molar-refractivity contribution in [1.29, 1.82) is 0 Å². The van der Waals surface area contributed by atoms with Crippen LogP contribution in [0.5, 0.6) is 0 Å². The first-order valence-electron chi connectivity index (χ1n) is 7.21. The fourth-order valence-corrected chi connectivity index (χ4v) is 3.26. The summed E-state index contributed by atoms with van der Waals surface area (Å²) in [7, 11) is 0. The maximum atomic E-state index is 12.0. The van der Waals surface area contributed by atoms with Crippen molar-refractivity contribution in [3.8, 4) is 11.3 Å². The van der Waals surface area contributed by atoms with Crippen molar-refractivity contribution in [3.63, 3.8) is 0 Å². The number of allylic oxidation sites excluding steroid dienone is 1. The summed E-state index contributed by atoms with van der Waals surface area (Å²) < 4.78 is 5.94. The highest BCUT2D eigenvalue weighted by molar-refractivity contribution is 7.80. The Bertz CT molecular complexity index is 873. The van der Waals surface area contributed by atoms with Crippen molar-refractivity contribution in [1.82, 2.24) is 10.6 Å². The van der Waals surface area contributed by atoms with Gasteiger partial charge in [0.05, 0.1) is 10.0 Å². The number of ketones is 1. The lowest BCUT2D eigenvalue weighted by molar-refractivity contribution is -0.114. The van der Waals surface area contributed by atoms with E-state index in [2.05, 4.69) is 10.6 Å². The Hall–Kier alpha value is -1.82. The zero-order valence-corrected chi connectivity index (χ0v) is 15.3. The number of rotatable bonds is 3. The maximum Gasteiger partial charge on any atom is 0.171 e. The molecule has 0 radical (unpaired) electrons. The van der Waals surface area contributed by atoms with Gasteiger partial charge >= 0.3 is 0 Å². The van der Waals surface area contributed by atoms with Gasteiger partial charge < -0.3 is 15.1 Å². The first kappa shape index (κ1) is 17.0. The summed E-state index contributed by atoms with van der Waals surface area (Å²) >= 11 is 17.2. The van der Waals surface area contributed by atoms with E-state index < -0.39 is 6.04 Å². The number of hydrogen-bond acceptors (Lipinski definition) is 3. The van der Waals surface area contributed by atoms with Crippen LogP contribution in [0.4, 0.5) is 0 Å². The fraction of sp³-hybridized carbons (Fsp3) is 0.176. The molecular weight excluding hydrogens is 367 g/mol. The fourth-order valence-electron chi connectivity index (χ4n) is 2.69. The average molecular weight is 381 g/mol. The van der Waals surface area contributed by atoms with Crippen molar-refractivity contribution in [2.45, 2.75) is 19.9 Å². The number of furan rings is 1. The Balaban J connectivity index is 2.00. The van der Waals surface area contributed by atoms with Crippen molar-refractivity contribution < 1.29 is 9.21 Å². The smallest absolute Gasteiger partial charge is 0.171 e. The number of hydrogen-bond donors (Lipinski definition) is 2. The van der Waals surface area contributed by atoms with Gasteiger partial charge in [0.15, 0.2) is 10.9 Å². The Morgan fingerprint density at radius 2 is 1.96 bits per heavy atom. The van der Waals surface area contributed by atoms with Gasteiger partial charge in [0.25, 0.3) is 0 Å². The van der Waals surface area contributed by atoms with Crippen LogP contribution in [0.25, 0.3) is 11.3 Å². The molecule has 0 fully saturated rings. The second-order valence-corrected chi connectivity index (χ2v) is 6.68. The van der Waals surface area contributed by atoms with E-state index in [0.29, 0.717) is 32.3 Å². The molecule has 1 atom stereocenters. The van der Waals surface area contributed by atoms with Crippen LogP contribution >= 0.6 is 35.4 Å². The van der Waals surface area contributed by atoms with Gasteiger partial charge in [-0.25, -0.2) is 0 Å². The minimum atomic E-state index is -0.423. The largest absolute Gasteiger partial charge is 0.459 e. The second-order valence-electron chi connectivity index (χ2n) is 5.46. The summed E-state index contributed by atoms with van der Waals surface area (Å²) in [6.45, 7) is 3.34. The number of Topliss-reactive ketones (excluding diaryl/α,β-unsaturated/α-hetero) is 1. The predicted molar refractivity (Wildman–Crippen MR) is 99.2 cm³/mol. The highest BCUT2D eigenvalue weighted by Crippen LogP contribution is 2.33. The highest BCUT2D eigenvalue weighted by Gasteiger charge is 2.30. The van der Waals surface area contributed by atoms with E-state index in [1.165, 1.54) is 6.92 Å². The molecule has 0 saturated carbocycles. The lowest BCUT2D eigenvalue weighted by Gasteiger charge is -2.28. The molecule has 1 aliphatic rings. The van der Waals surface area contributed by atoms with Gasteiger partial charge in [-0.15, -0.1) is 0 Å². The monoisotopic (exact) mass is 380 g/mol. The summed E-state index contributed by atoms with van der Waals surface area (Å²) in [6, 6.07) is 8.50. The van der Waals surface area contributed by atoms with Crippen LogP contribution in [0.2, 0.25) is 10.0 Å². The number of benzene rings is 1. The molecule has 0 bridgehead atoms. The van der Waals surface area contributed by atoms with Gasteiger partial charge in [-0.05, 0) is 56.4 Å². The SMILES string of the molecule is CC(=O)C1=C(C)NC(=S)N[C@H]1c1ccc(-c2ccc(Cl)c(Cl)c2)o1. The molecule has 0 unspecified atom stereocenters. The molecule has 4 nitrogen and oxygen atoms in total. The van der Waals surface area contributed by atoms with Gasteiger partial charge in [-0.2, -0.15) is 0 Å². The number of carbonyl (C=O) groups is 1. The summed E-state index contributed by atoms with van der Waals surface area (Å²) in [4.78, 5) is 12.0. The average Bonchev–Trinajstić information content (AvgIpc) is 2.98. The first-order chi connectivity index (χ1) is 11.4. The van der Waals surface area contributed by atoms with E-state index in [9.17, 15) is 4.79 Å². The Labute approximate surface area is 154 Å². The number of halogens is 2. The summed E-state index contributed by atoms with van der Waals surface area (Å²) in [5.74, 6) is 1.19. The molecule has 0 amide bonds. The van der Waals surface area contributed by atoms with Crippen LogP contribution in [-0.4, -0.2) is 10.9 Å². The van der Waals surface area contributed by atoms with E-state index in [-0.39, 0.29) is 5.78 Å². The normalized spacial score (nSPS) is 17.5. The van der Waals surface area contributed by atoms with Crippen molar-refractivity contribution >= 4 is 46.3 Å². The lowest BCUT2D eigenvalue weighted by atomic mass is 9.98. The van der Waals surface area contributed by atoms with E-state index in [0.717, 1.165) is 11.3 Å². The van der Waals surface area contributed by atoms with Crippen LogP contribution in [0.3, 0.4) is 0 Å². The van der Waals surface area contributed by atoms with Crippen molar-refractivity contribution in [2.75, 3.05) is 0 Å². The molecule has 1 aromatic carbocycles. The van der Waals surface area contributed by atoms with Gasteiger partial charge in [-0.1, -0.05) is 23.2 Å². The minimum Gasteiger partial charge on any atom is -0.459 e. The third-order valence-corrected chi connectivity index (χ3v) is 4.72. The van der Waals surface area contributed by atoms with Crippen LogP contribution in [0.15, 0.2) is 46.0 Å². The molecule has 0 aliphatic carbocycles. The van der Waals surface area contributed by atoms with Crippen molar-refractivity contribution in [3.05, 3.63) is 57.4 Å². The zero-order valence-electron chi connectivity index (χ0n) is 12.9. The van der Waals surface area contributed by atoms with E-state index >= 15 is 0 Å². The Morgan fingerprint density at radius 3 is 2.62 bits per heavy atom. The molecule has 7 heteroatoms. The van der Waals surface area contributed by atoms with Gasteiger partial charge in [0.2, 0.25) is 0 Å². The van der Waals surface area contributed by atoms with Crippen LogP contribution in [0.1, 0.15) is 25.6 Å². The van der Waals surface area contributed by atoms with Crippen LogP contribution in [0, 0.1) is 0 Å². The lowest BCUT2D eigenvalue weighted by Crippen LogP contribution is -2.44. The molecule has 3 rings (SSSR count). The van der Waals surface area contributed by atoms with Crippen LogP contribution in [-0.2, 0) is 4.79 Å². The van der Waals surface area contributed by atoms with Crippen molar-refractivity contribution in [2.24, 2.45) is 0 Å². The molecule has 1 aromatic heterocycles. The quantitative estimate of drug-likeness (QED) is 0.759. The molecule has 0 spiro atoms. The maximum absolute atomic E-state index is 12.0. The molecule has 0 saturated heterocycles. The Kier molecular flexibility index (Phi) is 4.67. The molecule has 2 aromatic rings. The molecule has 1 aliphatic heterocycles. The number of carbonyl (C=O) groups excluding carboxylic acids is 1. The third kappa shape index (κ3) is 3.20. The first-order valence-corrected chi connectivity index (χ1v) is 8.37. The molecular formula is C17H14Cl2N2O2S. The minimum absolute atomic E-state index is 0.0486. The van der Waals surface area contributed by atoms with Gasteiger partial charge in [-0.3, -0.25) is 4.79 Å². The third-order valence-electron chi connectivity index (χ3n) is 3.76. The summed E-state index contributed by atoms with van der Waals surface area (Å²) in [6.07, 6.45) is 0. The molecule has 124 valence electrons. The summed E-state index contributed by atoms with van der Waals surface area (Å²) in [5, 5.41) is 7.44.